The van der Waals surface area contributed by atoms with E-state index in [0.717, 1.165) is 40.8 Å². The summed E-state index contributed by atoms with van der Waals surface area (Å²) in [4.78, 5) is 13.1. The average molecular weight is 571 g/mol. The first-order valence-electron chi connectivity index (χ1n) is 10.6. The van der Waals surface area contributed by atoms with E-state index in [0.29, 0.717) is 22.2 Å². The number of nitrogens with one attached hydrogen (secondary N) is 1. The normalized spacial score (nSPS) is 20.2. The third-order valence-electron chi connectivity index (χ3n) is 5.70. The van der Waals surface area contributed by atoms with Crippen molar-refractivity contribution < 1.29 is 4.79 Å². The number of carbonyl (C=O) groups is 1. The van der Waals surface area contributed by atoms with Crippen molar-refractivity contribution >= 4 is 63.1 Å². The lowest BCUT2D eigenvalue weighted by Crippen LogP contribution is -2.46. The molecule has 2 aliphatic rings. The van der Waals surface area contributed by atoms with E-state index in [4.69, 9.17) is 28.3 Å². The van der Waals surface area contributed by atoms with Crippen molar-refractivity contribution in [3.05, 3.63) is 61.6 Å². The lowest BCUT2D eigenvalue weighted by atomic mass is 10.0. The maximum Gasteiger partial charge on any atom is 0.281 e. The molecule has 1 fully saturated rings. The molecule has 1 amide bonds. The number of hydrazone groups is 1. The average Bonchev–Trinajstić information content (AvgIpc) is 3.15. The first-order valence-corrected chi connectivity index (χ1v) is 12.5. The summed E-state index contributed by atoms with van der Waals surface area (Å²) in [6, 6.07) is 13.5. The van der Waals surface area contributed by atoms with Crippen LogP contribution in [0.3, 0.4) is 0 Å². The van der Waals surface area contributed by atoms with Gasteiger partial charge in [0.15, 0.2) is 0 Å². The minimum Gasteiger partial charge on any atom is -0.284 e. The topological polar surface area (TPSA) is 47.9 Å². The predicted molar refractivity (Wildman–Crippen MR) is 136 cm³/mol. The lowest BCUT2D eigenvalue weighted by molar-refractivity contribution is -0.119. The van der Waals surface area contributed by atoms with Crippen LogP contribution in [0.25, 0.3) is 0 Å². The monoisotopic (exact) mass is 570 g/mol. The summed E-state index contributed by atoms with van der Waals surface area (Å²) < 4.78 is 1.16. The van der Waals surface area contributed by atoms with Crippen LogP contribution in [0.2, 0.25) is 10.0 Å². The smallest absolute Gasteiger partial charge is 0.281 e. The molecule has 2 aromatic carbocycles. The van der Waals surface area contributed by atoms with Gasteiger partial charge in [-0.15, -0.1) is 0 Å². The number of hydrazine groups is 1. The quantitative estimate of drug-likeness (QED) is 0.445. The highest BCUT2D eigenvalue weighted by Gasteiger charge is 2.34. The Balaban J connectivity index is 1.58. The fourth-order valence-electron chi connectivity index (χ4n) is 4.05. The summed E-state index contributed by atoms with van der Waals surface area (Å²) >= 11 is 14.9. The molecule has 1 unspecified atom stereocenters. The van der Waals surface area contributed by atoms with Crippen molar-refractivity contribution in [2.75, 3.05) is 18.1 Å². The van der Waals surface area contributed by atoms with Crippen LogP contribution in [0, 0.1) is 3.57 Å². The number of rotatable bonds is 4. The molecule has 0 spiro atoms. The second-order valence-corrected chi connectivity index (χ2v) is 10.0. The van der Waals surface area contributed by atoms with Gasteiger partial charge in [0.2, 0.25) is 0 Å². The van der Waals surface area contributed by atoms with E-state index < -0.39 is 0 Å². The third kappa shape index (κ3) is 5.72. The van der Waals surface area contributed by atoms with Gasteiger partial charge in [0.25, 0.3) is 5.91 Å². The summed E-state index contributed by atoms with van der Waals surface area (Å²) in [5, 5.41) is 9.69. The van der Waals surface area contributed by atoms with Gasteiger partial charge in [-0.2, -0.15) is 5.10 Å². The first kappa shape index (κ1) is 22.8. The van der Waals surface area contributed by atoms with Crippen LogP contribution in [-0.2, 0) is 4.79 Å². The molecular formula is C23H25Cl2IN4O. The second-order valence-electron chi connectivity index (χ2n) is 7.95. The van der Waals surface area contributed by atoms with E-state index in [-0.39, 0.29) is 11.9 Å². The van der Waals surface area contributed by atoms with Gasteiger partial charge < -0.3 is 0 Å². The van der Waals surface area contributed by atoms with Crippen molar-refractivity contribution in [2.24, 2.45) is 5.10 Å². The van der Waals surface area contributed by atoms with Gasteiger partial charge in [-0.25, -0.2) is 5.01 Å². The largest absolute Gasteiger partial charge is 0.284 e. The molecule has 0 aliphatic carbocycles. The van der Waals surface area contributed by atoms with E-state index >= 15 is 0 Å². The molecule has 1 saturated heterocycles. The maximum atomic E-state index is 13.1. The predicted octanol–water partition coefficient (Wildman–Crippen LogP) is 6.20. The summed E-state index contributed by atoms with van der Waals surface area (Å²) in [7, 11) is 0. The minimum absolute atomic E-state index is 0.108. The molecule has 0 bridgehead atoms. The molecule has 1 atom stereocenters. The van der Waals surface area contributed by atoms with Crippen LogP contribution in [-0.4, -0.2) is 29.7 Å². The highest BCUT2D eigenvalue weighted by molar-refractivity contribution is 14.1. The standard InChI is InChI=1S/C23H25Cl2IN4O/c24-17-8-11-21(19(25)14-17)30-22(16-6-9-18(26)10-7-16)15-20(27-30)23(31)28-29-12-4-2-1-3-5-13-29/h6-11,14,22H,1-5,12-13,15H2,(H,28,31). The Hall–Kier alpha value is -1.35. The molecule has 1 N–H and O–H groups in total. The molecule has 31 heavy (non-hydrogen) atoms. The molecule has 2 aromatic rings. The van der Waals surface area contributed by atoms with Crippen molar-refractivity contribution in [3.63, 3.8) is 0 Å². The molecule has 164 valence electrons. The van der Waals surface area contributed by atoms with E-state index in [2.05, 4.69) is 52.3 Å². The Bertz CT molecular complexity index is 959. The van der Waals surface area contributed by atoms with Gasteiger partial charge in [-0.3, -0.25) is 15.2 Å². The number of hydrogen-bond acceptors (Lipinski definition) is 4. The Morgan fingerprint density at radius 1 is 1.00 bits per heavy atom. The van der Waals surface area contributed by atoms with Gasteiger partial charge in [0, 0.05) is 28.1 Å². The van der Waals surface area contributed by atoms with Crippen LogP contribution < -0.4 is 10.4 Å². The Kier molecular flexibility index (Phi) is 7.74. The van der Waals surface area contributed by atoms with Gasteiger partial charge in [0.1, 0.15) is 5.71 Å². The zero-order chi connectivity index (χ0) is 21.8. The number of carbonyl (C=O) groups excluding carboxylic acids is 1. The Morgan fingerprint density at radius 3 is 2.35 bits per heavy atom. The number of benzene rings is 2. The van der Waals surface area contributed by atoms with Crippen molar-refractivity contribution in [1.29, 1.82) is 0 Å². The molecular weight excluding hydrogens is 546 g/mol. The van der Waals surface area contributed by atoms with Crippen molar-refractivity contribution in [1.82, 2.24) is 10.4 Å². The summed E-state index contributed by atoms with van der Waals surface area (Å²) in [5.41, 5.74) is 5.42. The third-order valence-corrected chi connectivity index (χ3v) is 6.96. The molecule has 8 heteroatoms. The van der Waals surface area contributed by atoms with Crippen LogP contribution >= 0.6 is 45.8 Å². The Labute approximate surface area is 206 Å². The molecule has 0 aromatic heterocycles. The highest BCUT2D eigenvalue weighted by atomic mass is 127. The second kappa shape index (κ2) is 10.5. The van der Waals surface area contributed by atoms with E-state index in [1.165, 1.54) is 19.3 Å². The van der Waals surface area contributed by atoms with Crippen molar-refractivity contribution in [2.45, 2.75) is 44.6 Å². The zero-order valence-electron chi connectivity index (χ0n) is 17.2. The van der Waals surface area contributed by atoms with Gasteiger partial charge in [0.05, 0.1) is 16.8 Å². The number of anilines is 1. The van der Waals surface area contributed by atoms with Crippen LogP contribution in [0.5, 0.6) is 0 Å². The maximum absolute atomic E-state index is 13.1. The number of hydrogen-bond donors (Lipinski definition) is 1. The van der Waals surface area contributed by atoms with E-state index in [9.17, 15) is 4.79 Å². The van der Waals surface area contributed by atoms with E-state index in [1.54, 1.807) is 12.1 Å². The molecule has 5 nitrogen and oxygen atoms in total. The van der Waals surface area contributed by atoms with Crippen molar-refractivity contribution in [3.8, 4) is 0 Å². The minimum atomic E-state index is -0.135. The summed E-state index contributed by atoms with van der Waals surface area (Å²) in [6.45, 7) is 1.76. The number of halogens is 3. The summed E-state index contributed by atoms with van der Waals surface area (Å²) in [6.07, 6.45) is 6.42. The first-order chi connectivity index (χ1) is 15.0. The van der Waals surface area contributed by atoms with Gasteiger partial charge >= 0.3 is 0 Å². The number of nitrogens with zero attached hydrogens (tertiary/aromatic N) is 3. The Morgan fingerprint density at radius 2 is 1.68 bits per heavy atom. The molecule has 2 aliphatic heterocycles. The SMILES string of the molecule is O=C(NN1CCCCCCC1)C1=NN(c2ccc(Cl)cc2Cl)C(c2ccc(I)cc2)C1. The van der Waals surface area contributed by atoms with Gasteiger partial charge in [-0.1, -0.05) is 54.6 Å². The summed E-state index contributed by atoms with van der Waals surface area (Å²) in [5.74, 6) is -0.135. The number of amides is 1. The molecule has 0 radical (unpaired) electrons. The van der Waals surface area contributed by atoms with Gasteiger partial charge in [-0.05, 0) is 71.3 Å². The zero-order valence-corrected chi connectivity index (χ0v) is 20.8. The van der Waals surface area contributed by atoms with E-state index in [1.807, 2.05) is 16.1 Å². The highest BCUT2D eigenvalue weighted by Crippen LogP contribution is 2.39. The molecule has 2 heterocycles. The van der Waals surface area contributed by atoms with Crippen LogP contribution in [0.15, 0.2) is 47.6 Å². The molecule has 4 rings (SSSR count). The van der Waals surface area contributed by atoms with Crippen LogP contribution in [0.1, 0.15) is 50.1 Å². The van der Waals surface area contributed by atoms with Crippen LogP contribution in [0.4, 0.5) is 5.69 Å². The fourth-order valence-corrected chi connectivity index (χ4v) is 4.90. The fraction of sp³-hybridized carbons (Fsp3) is 0.391. The molecule has 0 saturated carbocycles. The lowest BCUT2D eigenvalue weighted by Gasteiger charge is -2.25.